The molecule has 1 rings (SSSR count). The van der Waals surface area contributed by atoms with Gasteiger partial charge in [0.25, 0.3) is 10.0 Å². The van der Waals surface area contributed by atoms with Crippen LogP contribution in [0, 0.1) is 5.92 Å². The third kappa shape index (κ3) is 3.41. The molecule has 0 bridgehead atoms. The van der Waals surface area contributed by atoms with Crippen LogP contribution in [-0.2, 0) is 10.0 Å². The Balaban J connectivity index is 2.85. The normalized spacial score (nSPS) is 15.5. The van der Waals surface area contributed by atoms with E-state index < -0.39 is 10.0 Å². The van der Waals surface area contributed by atoms with Gasteiger partial charge in [-0.15, -0.1) is 0 Å². The van der Waals surface area contributed by atoms with E-state index in [0.717, 1.165) is 6.42 Å². The van der Waals surface area contributed by atoms with Crippen LogP contribution in [0.15, 0.2) is 21.6 Å². The first-order valence-electron chi connectivity index (χ1n) is 5.48. The second kappa shape index (κ2) is 5.46. The molecule has 2 unspecified atom stereocenters. The van der Waals surface area contributed by atoms with Crippen LogP contribution in [-0.4, -0.2) is 20.7 Å². The van der Waals surface area contributed by atoms with Gasteiger partial charge in [0.2, 0.25) is 5.09 Å². The van der Waals surface area contributed by atoms with Gasteiger partial charge in [0.05, 0.1) is 0 Å². The number of hydrogen-bond donors (Lipinski definition) is 1. The molecule has 0 aliphatic rings. The van der Waals surface area contributed by atoms with Crippen molar-refractivity contribution < 1.29 is 17.6 Å². The molecule has 1 heterocycles. The zero-order valence-electron chi connectivity index (χ0n) is 10.1. The lowest BCUT2D eigenvalue weighted by atomic mass is 10.0. The number of carbonyl (C=O) groups excluding carboxylic acids is 1. The largest absolute Gasteiger partial charge is 0.440 e. The van der Waals surface area contributed by atoms with Crippen LogP contribution in [0.1, 0.15) is 37.7 Å². The Hall–Kier alpha value is -1.14. The van der Waals surface area contributed by atoms with E-state index in [1.807, 2.05) is 13.8 Å². The number of carbonyl (C=O) groups is 1. The van der Waals surface area contributed by atoms with Gasteiger partial charge in [0.1, 0.15) is 0 Å². The van der Waals surface area contributed by atoms with Gasteiger partial charge in [-0.2, -0.15) is 0 Å². The molecule has 0 amide bonds. The number of aldehydes is 1. The van der Waals surface area contributed by atoms with E-state index in [9.17, 15) is 13.2 Å². The molecule has 0 radical (unpaired) electrons. The van der Waals surface area contributed by atoms with E-state index in [4.69, 9.17) is 4.42 Å². The number of nitrogens with one attached hydrogen (secondary N) is 1. The lowest BCUT2D eigenvalue weighted by molar-refractivity contribution is 0.109. The van der Waals surface area contributed by atoms with Gasteiger partial charge >= 0.3 is 0 Å². The lowest BCUT2D eigenvalue weighted by Crippen LogP contribution is -2.36. The zero-order chi connectivity index (χ0) is 13.1. The van der Waals surface area contributed by atoms with E-state index >= 15 is 0 Å². The Bertz CT molecular complexity index is 477. The van der Waals surface area contributed by atoms with Gasteiger partial charge in [-0.25, -0.2) is 13.1 Å². The molecule has 0 saturated heterocycles. The van der Waals surface area contributed by atoms with E-state index in [0.29, 0.717) is 6.29 Å². The summed E-state index contributed by atoms with van der Waals surface area (Å²) < 4.78 is 31.2. The molecular weight excluding hydrogens is 242 g/mol. The molecule has 0 fully saturated rings. The highest BCUT2D eigenvalue weighted by Gasteiger charge is 2.23. The van der Waals surface area contributed by atoms with Gasteiger partial charge in [-0.1, -0.05) is 20.3 Å². The fourth-order valence-electron chi connectivity index (χ4n) is 1.31. The Labute approximate surface area is 101 Å². The Morgan fingerprint density at radius 2 is 2.06 bits per heavy atom. The van der Waals surface area contributed by atoms with Crippen molar-refractivity contribution >= 4 is 16.3 Å². The molecule has 96 valence electrons. The second-order valence-corrected chi connectivity index (χ2v) is 5.72. The standard InChI is InChI=1S/C11H17NO4S/c1-4-8(2)9(3)12-17(14,15)11-6-5-10(7-13)16-11/h5-9,12H,4H2,1-3H3. The van der Waals surface area contributed by atoms with Gasteiger partial charge in [-0.3, -0.25) is 4.79 Å². The van der Waals surface area contributed by atoms with Gasteiger partial charge in [-0.05, 0) is 25.0 Å². The van der Waals surface area contributed by atoms with Crippen LogP contribution in [0.4, 0.5) is 0 Å². The van der Waals surface area contributed by atoms with Gasteiger partial charge in [0, 0.05) is 6.04 Å². The first-order chi connectivity index (χ1) is 7.90. The maximum absolute atomic E-state index is 11.9. The first-order valence-corrected chi connectivity index (χ1v) is 6.96. The fraction of sp³-hybridized carbons (Fsp3) is 0.545. The summed E-state index contributed by atoms with van der Waals surface area (Å²) in [7, 11) is -3.68. The fourth-order valence-corrected chi connectivity index (χ4v) is 2.61. The van der Waals surface area contributed by atoms with Crippen molar-refractivity contribution in [3.05, 3.63) is 17.9 Å². The lowest BCUT2D eigenvalue weighted by Gasteiger charge is -2.18. The maximum Gasteiger partial charge on any atom is 0.274 e. The third-order valence-electron chi connectivity index (χ3n) is 2.82. The Morgan fingerprint density at radius 1 is 1.41 bits per heavy atom. The van der Waals surface area contributed by atoms with Crippen molar-refractivity contribution in [3.8, 4) is 0 Å². The van der Waals surface area contributed by atoms with Gasteiger partial charge in [0.15, 0.2) is 12.0 Å². The number of hydrogen-bond acceptors (Lipinski definition) is 4. The molecule has 1 N–H and O–H groups in total. The van der Waals surface area contributed by atoms with Crippen LogP contribution in [0.2, 0.25) is 0 Å². The first kappa shape index (κ1) is 13.9. The van der Waals surface area contributed by atoms with E-state index in [2.05, 4.69) is 4.72 Å². The maximum atomic E-state index is 11.9. The molecule has 0 aromatic carbocycles. The Morgan fingerprint density at radius 3 is 2.53 bits per heavy atom. The summed E-state index contributed by atoms with van der Waals surface area (Å²) in [6.45, 7) is 5.76. The highest BCUT2D eigenvalue weighted by atomic mass is 32.2. The summed E-state index contributed by atoms with van der Waals surface area (Å²) in [6, 6.07) is 2.42. The minimum atomic E-state index is -3.68. The van der Waals surface area contributed by atoms with E-state index in [1.54, 1.807) is 6.92 Å². The molecule has 17 heavy (non-hydrogen) atoms. The SMILES string of the molecule is CCC(C)C(C)NS(=O)(=O)c1ccc(C=O)o1. The number of furan rings is 1. The topological polar surface area (TPSA) is 76.4 Å². The Kier molecular flexibility index (Phi) is 4.47. The zero-order valence-corrected chi connectivity index (χ0v) is 11.0. The van der Waals surface area contributed by atoms with Crippen LogP contribution in [0.5, 0.6) is 0 Å². The quantitative estimate of drug-likeness (QED) is 0.790. The summed E-state index contributed by atoms with van der Waals surface area (Å²) in [5.41, 5.74) is 0. The molecule has 0 aliphatic carbocycles. The predicted octanol–water partition coefficient (Wildman–Crippen LogP) is 1.81. The van der Waals surface area contributed by atoms with Gasteiger partial charge < -0.3 is 4.42 Å². The molecule has 1 aromatic heterocycles. The number of sulfonamides is 1. The van der Waals surface area contributed by atoms with Crippen LogP contribution in [0.3, 0.4) is 0 Å². The van der Waals surface area contributed by atoms with Crippen molar-refractivity contribution in [1.29, 1.82) is 0 Å². The van der Waals surface area contributed by atoms with Crippen molar-refractivity contribution in [2.24, 2.45) is 5.92 Å². The molecule has 0 saturated carbocycles. The van der Waals surface area contributed by atoms with Crippen LogP contribution >= 0.6 is 0 Å². The molecule has 1 aromatic rings. The van der Waals surface area contributed by atoms with Crippen molar-refractivity contribution in [3.63, 3.8) is 0 Å². The van der Waals surface area contributed by atoms with Crippen molar-refractivity contribution in [1.82, 2.24) is 4.72 Å². The molecule has 0 spiro atoms. The average Bonchev–Trinajstić information content (AvgIpc) is 2.76. The second-order valence-electron chi connectivity index (χ2n) is 4.07. The average molecular weight is 259 g/mol. The molecule has 6 heteroatoms. The van der Waals surface area contributed by atoms with Crippen LogP contribution in [0.25, 0.3) is 0 Å². The summed E-state index contributed by atoms with van der Waals surface area (Å²) >= 11 is 0. The smallest absolute Gasteiger partial charge is 0.274 e. The summed E-state index contributed by atoms with van der Waals surface area (Å²) in [4.78, 5) is 10.4. The molecular formula is C11H17NO4S. The van der Waals surface area contributed by atoms with Crippen molar-refractivity contribution in [2.75, 3.05) is 0 Å². The number of rotatable bonds is 6. The van der Waals surface area contributed by atoms with Crippen molar-refractivity contribution in [2.45, 2.75) is 38.3 Å². The summed E-state index contributed by atoms with van der Waals surface area (Å²) in [6.07, 6.45) is 1.35. The monoisotopic (exact) mass is 259 g/mol. The van der Waals surface area contributed by atoms with E-state index in [1.165, 1.54) is 12.1 Å². The van der Waals surface area contributed by atoms with E-state index in [-0.39, 0.29) is 22.8 Å². The third-order valence-corrected chi connectivity index (χ3v) is 4.25. The van der Waals surface area contributed by atoms with Crippen LogP contribution < -0.4 is 4.72 Å². The minimum Gasteiger partial charge on any atom is -0.440 e. The highest BCUT2D eigenvalue weighted by Crippen LogP contribution is 2.15. The predicted molar refractivity (Wildman–Crippen MR) is 63.3 cm³/mol. The molecule has 2 atom stereocenters. The molecule has 0 aliphatic heterocycles. The molecule has 5 nitrogen and oxygen atoms in total. The summed E-state index contributed by atoms with van der Waals surface area (Å²) in [5.74, 6) is 0.229. The highest BCUT2D eigenvalue weighted by molar-refractivity contribution is 7.89. The minimum absolute atomic E-state index is 0.00145. The summed E-state index contributed by atoms with van der Waals surface area (Å²) in [5, 5.41) is -0.227.